The van der Waals surface area contributed by atoms with Crippen molar-refractivity contribution in [3.8, 4) is 6.07 Å². The van der Waals surface area contributed by atoms with Crippen molar-refractivity contribution in [1.82, 2.24) is 4.98 Å². The van der Waals surface area contributed by atoms with E-state index in [-0.39, 0.29) is 28.2 Å². The van der Waals surface area contributed by atoms with Crippen molar-refractivity contribution in [3.05, 3.63) is 64.7 Å². The second kappa shape index (κ2) is 8.07. The molecule has 1 aliphatic rings. The van der Waals surface area contributed by atoms with Gasteiger partial charge in [0.2, 0.25) is 0 Å². The van der Waals surface area contributed by atoms with Crippen molar-refractivity contribution in [2.24, 2.45) is 10.7 Å². The minimum atomic E-state index is -3.97. The van der Waals surface area contributed by atoms with Gasteiger partial charge in [-0.05, 0) is 56.7 Å². The highest BCUT2D eigenvalue weighted by Crippen LogP contribution is 2.43. The Labute approximate surface area is 184 Å². The van der Waals surface area contributed by atoms with Gasteiger partial charge in [-0.1, -0.05) is 6.07 Å². The Morgan fingerprint density at radius 1 is 1.34 bits per heavy atom. The molecular formula is C22H22F2N4O3S. The van der Waals surface area contributed by atoms with Crippen LogP contribution in [-0.4, -0.2) is 40.9 Å². The summed E-state index contributed by atoms with van der Waals surface area (Å²) in [6, 6.07) is 8.19. The van der Waals surface area contributed by atoms with E-state index in [1.807, 2.05) is 6.07 Å². The van der Waals surface area contributed by atoms with E-state index in [0.29, 0.717) is 0 Å². The molecule has 32 heavy (non-hydrogen) atoms. The number of amidine groups is 1. The van der Waals surface area contributed by atoms with Crippen LogP contribution in [-0.2, 0) is 15.4 Å². The summed E-state index contributed by atoms with van der Waals surface area (Å²) >= 11 is 0. The number of aromatic nitrogens is 1. The van der Waals surface area contributed by atoms with E-state index < -0.39 is 43.6 Å². The Bertz CT molecular complexity index is 1270. The smallest absolute Gasteiger partial charge is 0.168 e. The summed E-state index contributed by atoms with van der Waals surface area (Å²) in [5.41, 5.74) is 4.25. The van der Waals surface area contributed by atoms with Gasteiger partial charge in [-0.15, -0.1) is 0 Å². The van der Waals surface area contributed by atoms with Gasteiger partial charge < -0.3 is 10.8 Å². The Morgan fingerprint density at radius 2 is 2.03 bits per heavy atom. The maximum Gasteiger partial charge on any atom is 0.168 e. The summed E-state index contributed by atoms with van der Waals surface area (Å²) in [6.45, 7) is 3.31. The first kappa shape index (κ1) is 23.5. The van der Waals surface area contributed by atoms with Crippen LogP contribution in [0.2, 0.25) is 0 Å². The standard InChI is InChI=1S/C22H22F2N4O3S/c1-13-22(12-29,28-20(26)21(2,3)32(13,30)31)16-8-14(4-6-17(16)23)9-18(24)19-7-5-15(10-25)11-27-19/h4-9,11,13,29H,12H2,1-3H3,(H2,26,28)/b18-9-/t13-,22+/m1/s1. The SMILES string of the molecule is C[C@@H]1[C@@](CO)(c2cc(/C=C(\F)c3ccc(C#N)cn3)ccc2F)N=C(N)C(C)(C)S1(=O)=O. The van der Waals surface area contributed by atoms with Crippen molar-refractivity contribution in [3.63, 3.8) is 0 Å². The van der Waals surface area contributed by atoms with E-state index >= 15 is 0 Å². The number of sulfone groups is 1. The molecule has 10 heteroatoms. The Hall–Kier alpha value is -3.16. The number of aliphatic hydroxyl groups is 1. The van der Waals surface area contributed by atoms with Crippen LogP contribution >= 0.6 is 0 Å². The lowest BCUT2D eigenvalue weighted by Gasteiger charge is -2.43. The monoisotopic (exact) mass is 460 g/mol. The number of aliphatic imine (C=N–C) groups is 1. The van der Waals surface area contributed by atoms with Gasteiger partial charge >= 0.3 is 0 Å². The maximum atomic E-state index is 14.9. The molecule has 1 aliphatic heterocycles. The van der Waals surface area contributed by atoms with Crippen molar-refractivity contribution >= 4 is 27.6 Å². The van der Waals surface area contributed by atoms with Gasteiger partial charge in [0.25, 0.3) is 0 Å². The molecule has 7 nitrogen and oxygen atoms in total. The Balaban J connectivity index is 2.15. The second-order valence-electron chi connectivity index (χ2n) is 8.05. The molecule has 3 rings (SSSR count). The fourth-order valence-electron chi connectivity index (χ4n) is 3.60. The Morgan fingerprint density at radius 3 is 2.59 bits per heavy atom. The molecule has 1 aromatic carbocycles. The summed E-state index contributed by atoms with van der Waals surface area (Å²) < 4.78 is 54.3. The third-order valence-electron chi connectivity index (χ3n) is 5.91. The van der Waals surface area contributed by atoms with E-state index in [0.717, 1.165) is 12.1 Å². The molecule has 0 fully saturated rings. The zero-order valence-electron chi connectivity index (χ0n) is 17.7. The fraction of sp³-hybridized carbons (Fsp3) is 0.318. The van der Waals surface area contributed by atoms with Crippen LogP contribution in [0.1, 0.15) is 43.2 Å². The zero-order chi connectivity index (χ0) is 23.9. The van der Waals surface area contributed by atoms with Gasteiger partial charge in [-0.25, -0.2) is 17.2 Å². The van der Waals surface area contributed by atoms with Gasteiger partial charge in [-0.3, -0.25) is 9.98 Å². The molecule has 1 aromatic heterocycles. The van der Waals surface area contributed by atoms with Crippen LogP contribution in [0.5, 0.6) is 0 Å². The largest absolute Gasteiger partial charge is 0.393 e. The summed E-state index contributed by atoms with van der Waals surface area (Å²) in [7, 11) is -3.97. The van der Waals surface area contributed by atoms with E-state index in [1.54, 1.807) is 0 Å². The molecule has 0 saturated carbocycles. The third-order valence-corrected chi connectivity index (χ3v) is 8.87. The average Bonchev–Trinajstić information content (AvgIpc) is 2.77. The number of nitrogens with zero attached hydrogens (tertiary/aromatic N) is 3. The average molecular weight is 461 g/mol. The fourth-order valence-corrected chi connectivity index (χ4v) is 5.59. The zero-order valence-corrected chi connectivity index (χ0v) is 18.5. The number of pyridine rings is 1. The van der Waals surface area contributed by atoms with Crippen molar-refractivity contribution < 1.29 is 22.3 Å². The van der Waals surface area contributed by atoms with Crippen molar-refractivity contribution in [2.75, 3.05) is 6.61 Å². The minimum Gasteiger partial charge on any atom is -0.393 e. The van der Waals surface area contributed by atoms with Crippen LogP contribution in [0.3, 0.4) is 0 Å². The predicted molar refractivity (Wildman–Crippen MR) is 117 cm³/mol. The van der Waals surface area contributed by atoms with E-state index in [2.05, 4.69) is 9.98 Å². The highest BCUT2D eigenvalue weighted by atomic mass is 32.2. The molecule has 2 atom stereocenters. The summed E-state index contributed by atoms with van der Waals surface area (Å²) in [4.78, 5) is 8.12. The molecule has 0 bridgehead atoms. The van der Waals surface area contributed by atoms with Gasteiger partial charge in [-0.2, -0.15) is 5.26 Å². The molecule has 0 amide bonds. The highest BCUT2D eigenvalue weighted by Gasteiger charge is 2.57. The molecule has 168 valence electrons. The van der Waals surface area contributed by atoms with Crippen LogP contribution in [0, 0.1) is 17.1 Å². The summed E-state index contributed by atoms with van der Waals surface area (Å²) in [5, 5.41) is 17.7. The van der Waals surface area contributed by atoms with E-state index in [1.165, 1.54) is 51.2 Å². The van der Waals surface area contributed by atoms with Crippen molar-refractivity contribution in [2.45, 2.75) is 36.3 Å². The summed E-state index contributed by atoms with van der Waals surface area (Å²) in [6.07, 6.45) is 2.30. The molecule has 2 heterocycles. The maximum absolute atomic E-state index is 14.9. The molecule has 3 N–H and O–H groups in total. The lowest BCUT2D eigenvalue weighted by molar-refractivity contribution is 0.188. The van der Waals surface area contributed by atoms with Crippen molar-refractivity contribution in [1.29, 1.82) is 5.26 Å². The molecule has 0 radical (unpaired) electrons. The Kier molecular flexibility index (Phi) is 5.93. The molecule has 0 spiro atoms. The number of hydrogen-bond acceptors (Lipinski definition) is 7. The first-order valence-electron chi connectivity index (χ1n) is 9.64. The molecule has 2 aromatic rings. The number of halogens is 2. The van der Waals surface area contributed by atoms with Gasteiger partial charge in [0.05, 0.1) is 23.1 Å². The molecule has 0 saturated heterocycles. The van der Waals surface area contributed by atoms with E-state index in [4.69, 9.17) is 11.0 Å². The van der Waals surface area contributed by atoms with Gasteiger partial charge in [0.1, 0.15) is 33.8 Å². The normalized spacial score (nSPS) is 24.5. The van der Waals surface area contributed by atoms with Crippen LogP contribution in [0.25, 0.3) is 11.9 Å². The number of hydrogen-bond donors (Lipinski definition) is 2. The van der Waals surface area contributed by atoms with Crippen LogP contribution in [0.4, 0.5) is 8.78 Å². The molecule has 0 unspecified atom stereocenters. The number of benzene rings is 1. The summed E-state index contributed by atoms with van der Waals surface area (Å²) in [5.74, 6) is -1.82. The van der Waals surface area contributed by atoms with Crippen LogP contribution in [0.15, 0.2) is 41.5 Å². The number of nitrogens with two attached hydrogens (primary N) is 1. The van der Waals surface area contributed by atoms with E-state index in [9.17, 15) is 22.3 Å². The minimum absolute atomic E-state index is 0.0376. The molecule has 0 aliphatic carbocycles. The topological polar surface area (TPSA) is 129 Å². The third kappa shape index (κ3) is 3.57. The first-order chi connectivity index (χ1) is 14.9. The second-order valence-corrected chi connectivity index (χ2v) is 10.9. The number of nitriles is 1. The number of rotatable bonds is 4. The predicted octanol–water partition coefficient (Wildman–Crippen LogP) is 2.70. The number of aliphatic hydroxyl groups excluding tert-OH is 1. The highest BCUT2D eigenvalue weighted by molar-refractivity contribution is 7.94. The van der Waals surface area contributed by atoms with Gasteiger partial charge in [0, 0.05) is 11.8 Å². The molecular weight excluding hydrogens is 438 g/mol. The quantitative estimate of drug-likeness (QED) is 0.722. The van der Waals surface area contributed by atoms with Gasteiger partial charge in [0.15, 0.2) is 9.84 Å². The first-order valence-corrected chi connectivity index (χ1v) is 11.2. The van der Waals surface area contributed by atoms with Crippen LogP contribution < -0.4 is 5.73 Å². The lowest BCUT2D eigenvalue weighted by Crippen LogP contribution is -2.61. The lowest BCUT2D eigenvalue weighted by atomic mass is 9.85.